The molecule has 2 aromatic rings. The van der Waals surface area contributed by atoms with Crippen LogP contribution in [0.5, 0.6) is 0 Å². The number of nitrogens with one attached hydrogen (secondary N) is 1. The molecule has 0 spiro atoms. The van der Waals surface area contributed by atoms with Gasteiger partial charge in [-0.3, -0.25) is 0 Å². The maximum atomic E-state index is 5.95. The van der Waals surface area contributed by atoms with Crippen LogP contribution in [0.25, 0.3) is 10.1 Å². The molecule has 0 aliphatic carbocycles. The van der Waals surface area contributed by atoms with Gasteiger partial charge in [0.05, 0.1) is 12.1 Å². The number of hydrogen-bond acceptors (Lipinski definition) is 3. The maximum absolute atomic E-state index is 5.95. The summed E-state index contributed by atoms with van der Waals surface area (Å²) in [6.45, 7) is 0.906. The molecule has 1 N–H and O–H groups in total. The SMILES string of the molecule is CNC(c1cccc2ccsc12)C1CCCCO1. The van der Waals surface area contributed by atoms with Crippen molar-refractivity contribution in [3.8, 4) is 0 Å². The van der Waals surface area contributed by atoms with Crippen molar-refractivity contribution in [3.05, 3.63) is 35.2 Å². The second-order valence-corrected chi connectivity index (χ2v) is 5.77. The van der Waals surface area contributed by atoms with Crippen molar-refractivity contribution in [2.45, 2.75) is 31.4 Å². The molecule has 3 heteroatoms. The number of fused-ring (bicyclic) bond motifs is 1. The van der Waals surface area contributed by atoms with Crippen LogP contribution in [-0.2, 0) is 4.74 Å². The Morgan fingerprint density at radius 3 is 3.06 bits per heavy atom. The van der Waals surface area contributed by atoms with Gasteiger partial charge in [-0.15, -0.1) is 11.3 Å². The van der Waals surface area contributed by atoms with E-state index in [0.717, 1.165) is 13.0 Å². The van der Waals surface area contributed by atoms with Gasteiger partial charge in [0.25, 0.3) is 0 Å². The van der Waals surface area contributed by atoms with Crippen LogP contribution in [0.15, 0.2) is 29.6 Å². The normalized spacial score (nSPS) is 22.2. The highest BCUT2D eigenvalue weighted by molar-refractivity contribution is 7.17. The quantitative estimate of drug-likeness (QED) is 0.909. The molecule has 2 unspecified atom stereocenters. The van der Waals surface area contributed by atoms with Gasteiger partial charge in [0, 0.05) is 11.3 Å². The van der Waals surface area contributed by atoms with Crippen molar-refractivity contribution in [1.82, 2.24) is 5.32 Å². The predicted molar refractivity (Wildman–Crippen MR) is 77.2 cm³/mol. The van der Waals surface area contributed by atoms with Gasteiger partial charge in [-0.05, 0) is 48.7 Å². The molecule has 1 aromatic heterocycles. The van der Waals surface area contributed by atoms with Crippen LogP contribution in [0.3, 0.4) is 0 Å². The number of thiophene rings is 1. The lowest BCUT2D eigenvalue weighted by molar-refractivity contribution is -0.00629. The minimum atomic E-state index is 0.313. The van der Waals surface area contributed by atoms with Gasteiger partial charge >= 0.3 is 0 Å². The highest BCUT2D eigenvalue weighted by Gasteiger charge is 2.26. The fourth-order valence-corrected chi connectivity index (χ4v) is 3.79. The monoisotopic (exact) mass is 261 g/mol. The molecular formula is C15H19NOS. The van der Waals surface area contributed by atoms with Gasteiger partial charge in [0.1, 0.15) is 0 Å². The summed E-state index contributed by atoms with van der Waals surface area (Å²) in [6, 6.07) is 9.07. The van der Waals surface area contributed by atoms with Gasteiger partial charge in [0.2, 0.25) is 0 Å². The largest absolute Gasteiger partial charge is 0.376 e. The average molecular weight is 261 g/mol. The van der Waals surface area contributed by atoms with E-state index < -0.39 is 0 Å². The molecule has 1 aliphatic heterocycles. The summed E-state index contributed by atoms with van der Waals surface area (Å²) in [5.41, 5.74) is 1.39. The van der Waals surface area contributed by atoms with Crippen molar-refractivity contribution in [3.63, 3.8) is 0 Å². The average Bonchev–Trinajstić information content (AvgIpc) is 2.90. The third kappa shape index (κ3) is 2.18. The Hall–Kier alpha value is -0.900. The summed E-state index contributed by atoms with van der Waals surface area (Å²) >= 11 is 1.83. The van der Waals surface area contributed by atoms with Crippen LogP contribution in [0.1, 0.15) is 30.9 Å². The van der Waals surface area contributed by atoms with Crippen molar-refractivity contribution in [2.75, 3.05) is 13.7 Å². The van der Waals surface area contributed by atoms with E-state index in [9.17, 15) is 0 Å². The zero-order chi connectivity index (χ0) is 12.4. The molecule has 0 amide bonds. The van der Waals surface area contributed by atoms with Gasteiger partial charge in [-0.1, -0.05) is 18.2 Å². The fraction of sp³-hybridized carbons (Fsp3) is 0.467. The van der Waals surface area contributed by atoms with Crippen LogP contribution < -0.4 is 5.32 Å². The molecule has 2 heterocycles. The van der Waals surface area contributed by atoms with Gasteiger partial charge in [-0.25, -0.2) is 0 Å². The van der Waals surface area contributed by atoms with Gasteiger partial charge in [0.15, 0.2) is 0 Å². The molecule has 1 aliphatic rings. The molecule has 1 saturated heterocycles. The molecule has 18 heavy (non-hydrogen) atoms. The standard InChI is InChI=1S/C15H19NOS/c1-16-14(13-7-2-3-9-17-13)12-6-4-5-11-8-10-18-15(11)12/h4-6,8,10,13-14,16H,2-3,7,9H2,1H3. The van der Waals surface area contributed by atoms with Crippen molar-refractivity contribution in [2.24, 2.45) is 0 Å². The molecule has 2 nitrogen and oxygen atoms in total. The third-order valence-corrected chi connectivity index (χ3v) is 4.72. The summed E-state index contributed by atoms with van der Waals surface area (Å²) in [7, 11) is 2.04. The summed E-state index contributed by atoms with van der Waals surface area (Å²) in [5.74, 6) is 0. The van der Waals surface area contributed by atoms with Gasteiger partial charge < -0.3 is 10.1 Å². The lowest BCUT2D eigenvalue weighted by Gasteiger charge is -2.30. The molecule has 0 radical (unpaired) electrons. The summed E-state index contributed by atoms with van der Waals surface area (Å²) < 4.78 is 7.35. The van der Waals surface area contributed by atoms with E-state index in [2.05, 4.69) is 35.0 Å². The molecule has 0 saturated carbocycles. The summed E-state index contributed by atoms with van der Waals surface area (Å²) in [6.07, 6.45) is 3.96. The lowest BCUT2D eigenvalue weighted by atomic mass is 9.95. The molecule has 96 valence electrons. The van der Waals surface area contributed by atoms with Crippen LogP contribution in [0, 0.1) is 0 Å². The van der Waals surface area contributed by atoms with Crippen LogP contribution >= 0.6 is 11.3 Å². The van der Waals surface area contributed by atoms with E-state index in [0.29, 0.717) is 12.1 Å². The van der Waals surface area contributed by atoms with Crippen molar-refractivity contribution in [1.29, 1.82) is 0 Å². The van der Waals surface area contributed by atoms with E-state index in [-0.39, 0.29) is 0 Å². The van der Waals surface area contributed by atoms with Crippen LogP contribution in [0.2, 0.25) is 0 Å². The zero-order valence-corrected chi connectivity index (χ0v) is 11.5. The fourth-order valence-electron chi connectivity index (χ4n) is 2.83. The zero-order valence-electron chi connectivity index (χ0n) is 10.7. The number of benzene rings is 1. The van der Waals surface area contributed by atoms with E-state index >= 15 is 0 Å². The topological polar surface area (TPSA) is 21.3 Å². The minimum Gasteiger partial charge on any atom is -0.376 e. The van der Waals surface area contributed by atoms with Crippen LogP contribution in [0.4, 0.5) is 0 Å². The number of rotatable bonds is 3. The molecule has 3 rings (SSSR count). The Bertz CT molecular complexity index is 516. The predicted octanol–water partition coefficient (Wildman–Crippen LogP) is 3.73. The van der Waals surface area contributed by atoms with Crippen LogP contribution in [-0.4, -0.2) is 19.8 Å². The molecule has 1 fully saturated rings. The third-order valence-electron chi connectivity index (χ3n) is 3.74. The first-order valence-corrected chi connectivity index (χ1v) is 7.53. The van der Waals surface area contributed by atoms with Crippen molar-refractivity contribution < 1.29 is 4.74 Å². The Morgan fingerprint density at radius 2 is 2.28 bits per heavy atom. The Balaban J connectivity index is 1.97. The smallest absolute Gasteiger partial charge is 0.0770 e. The Morgan fingerprint density at radius 1 is 1.33 bits per heavy atom. The molecule has 1 aromatic carbocycles. The van der Waals surface area contributed by atoms with E-state index in [1.807, 2.05) is 18.4 Å². The van der Waals surface area contributed by atoms with E-state index in [4.69, 9.17) is 4.74 Å². The molecule has 2 atom stereocenters. The Labute approximate surface area is 112 Å². The summed E-state index contributed by atoms with van der Waals surface area (Å²) in [5, 5.41) is 6.96. The number of likely N-dealkylation sites (N-methyl/N-ethyl adjacent to an activating group) is 1. The summed E-state index contributed by atoms with van der Waals surface area (Å²) in [4.78, 5) is 0. The first kappa shape index (κ1) is 12.2. The molecule has 0 bridgehead atoms. The molecular weight excluding hydrogens is 242 g/mol. The Kier molecular flexibility index (Phi) is 3.64. The minimum absolute atomic E-state index is 0.313. The second kappa shape index (κ2) is 5.39. The van der Waals surface area contributed by atoms with E-state index in [1.54, 1.807) is 0 Å². The second-order valence-electron chi connectivity index (χ2n) is 4.86. The first-order chi connectivity index (χ1) is 8.90. The number of ether oxygens (including phenoxy) is 1. The maximum Gasteiger partial charge on any atom is 0.0770 e. The highest BCUT2D eigenvalue weighted by atomic mass is 32.1. The highest BCUT2D eigenvalue weighted by Crippen LogP contribution is 2.33. The van der Waals surface area contributed by atoms with E-state index in [1.165, 1.54) is 28.5 Å². The van der Waals surface area contributed by atoms with Crippen molar-refractivity contribution >= 4 is 21.4 Å². The lowest BCUT2D eigenvalue weighted by Crippen LogP contribution is -2.34. The number of hydrogen-bond donors (Lipinski definition) is 1. The van der Waals surface area contributed by atoms with Gasteiger partial charge in [-0.2, -0.15) is 0 Å². The first-order valence-electron chi connectivity index (χ1n) is 6.65.